The highest BCUT2D eigenvalue weighted by Gasteiger charge is 2.39. The normalized spacial score (nSPS) is 17.5. The standard InChI is InChI=1S/C33H35FN4O5/c1-3-38-28(22-36-17-19-37(20-18-36)31(39)23-13-15-25(34)16-14-23)29(32(40)42-4-2)30(35-33(38)41)24-9-8-12-27(21-24)43-26-10-6-5-7-11-26/h5-16,21,30H,3-4,17-20,22H2,1-2H3,(H,35,41). The van der Waals surface area contributed by atoms with Crippen LogP contribution in [0.15, 0.2) is 90.1 Å². The molecule has 0 aliphatic carbocycles. The van der Waals surface area contributed by atoms with E-state index >= 15 is 0 Å². The Balaban J connectivity index is 1.41. The Morgan fingerprint density at radius 3 is 2.28 bits per heavy atom. The van der Waals surface area contributed by atoms with Crippen molar-refractivity contribution in [2.75, 3.05) is 45.9 Å². The molecule has 3 amide bonds. The summed E-state index contributed by atoms with van der Waals surface area (Å²) >= 11 is 0. The van der Waals surface area contributed by atoms with Gasteiger partial charge in [-0.25, -0.2) is 14.0 Å². The van der Waals surface area contributed by atoms with Gasteiger partial charge in [0.1, 0.15) is 17.3 Å². The monoisotopic (exact) mass is 586 g/mol. The van der Waals surface area contributed by atoms with Crippen LogP contribution in [0.3, 0.4) is 0 Å². The molecule has 3 aromatic rings. The van der Waals surface area contributed by atoms with Crippen molar-refractivity contribution < 1.29 is 28.2 Å². The van der Waals surface area contributed by atoms with Gasteiger partial charge in [-0.3, -0.25) is 14.6 Å². The number of hydrogen-bond acceptors (Lipinski definition) is 6. The molecule has 9 nitrogen and oxygen atoms in total. The van der Waals surface area contributed by atoms with Crippen molar-refractivity contribution in [2.45, 2.75) is 19.9 Å². The van der Waals surface area contributed by atoms with Crippen LogP contribution in [0.4, 0.5) is 9.18 Å². The molecule has 2 heterocycles. The number of ether oxygens (including phenoxy) is 2. The Hall–Kier alpha value is -4.70. The van der Waals surface area contributed by atoms with Crippen molar-refractivity contribution in [1.82, 2.24) is 20.0 Å². The highest BCUT2D eigenvalue weighted by molar-refractivity contribution is 5.95. The number of nitrogens with zero attached hydrogens (tertiary/aromatic N) is 3. The summed E-state index contributed by atoms with van der Waals surface area (Å²) in [6.45, 7) is 6.46. The smallest absolute Gasteiger partial charge is 0.338 e. The maximum absolute atomic E-state index is 13.5. The van der Waals surface area contributed by atoms with E-state index in [1.54, 1.807) is 16.7 Å². The fraction of sp³-hybridized carbons (Fsp3) is 0.303. The predicted octanol–water partition coefficient (Wildman–Crippen LogP) is 4.98. The Morgan fingerprint density at radius 2 is 1.60 bits per heavy atom. The van der Waals surface area contributed by atoms with Crippen LogP contribution < -0.4 is 10.1 Å². The van der Waals surface area contributed by atoms with Crippen molar-refractivity contribution in [3.63, 3.8) is 0 Å². The molecule has 0 aromatic heterocycles. The van der Waals surface area contributed by atoms with E-state index in [1.807, 2.05) is 61.5 Å². The van der Waals surface area contributed by atoms with E-state index in [4.69, 9.17) is 9.47 Å². The van der Waals surface area contributed by atoms with E-state index in [2.05, 4.69) is 10.2 Å². The first kappa shape index (κ1) is 29.8. The summed E-state index contributed by atoms with van der Waals surface area (Å²) < 4.78 is 24.9. The number of carbonyl (C=O) groups excluding carboxylic acids is 3. The van der Waals surface area contributed by atoms with Gasteiger partial charge >= 0.3 is 12.0 Å². The number of amides is 3. The molecule has 0 bridgehead atoms. The first-order chi connectivity index (χ1) is 20.9. The lowest BCUT2D eigenvalue weighted by Gasteiger charge is -2.40. The second-order valence-electron chi connectivity index (χ2n) is 10.3. The van der Waals surface area contributed by atoms with Crippen LogP contribution in [0, 0.1) is 5.82 Å². The molecule has 43 heavy (non-hydrogen) atoms. The number of hydrogen-bond donors (Lipinski definition) is 1. The van der Waals surface area contributed by atoms with Crippen LogP contribution in [-0.4, -0.2) is 78.5 Å². The molecule has 0 spiro atoms. The van der Waals surface area contributed by atoms with Gasteiger partial charge in [-0.05, 0) is 67.9 Å². The highest BCUT2D eigenvalue weighted by atomic mass is 19.1. The van der Waals surface area contributed by atoms with Crippen LogP contribution in [0.25, 0.3) is 0 Å². The molecule has 3 aromatic carbocycles. The molecule has 10 heteroatoms. The Morgan fingerprint density at radius 1 is 0.907 bits per heavy atom. The van der Waals surface area contributed by atoms with Gasteiger partial charge in [0.2, 0.25) is 0 Å². The third kappa shape index (κ3) is 6.86. The summed E-state index contributed by atoms with van der Waals surface area (Å²) in [5.41, 5.74) is 2.06. The summed E-state index contributed by atoms with van der Waals surface area (Å²) in [7, 11) is 0. The second-order valence-corrected chi connectivity index (χ2v) is 10.3. The number of likely N-dealkylation sites (N-methyl/N-ethyl adjacent to an activating group) is 1. The third-order valence-electron chi connectivity index (χ3n) is 7.54. The second kappa shape index (κ2) is 13.5. The lowest BCUT2D eigenvalue weighted by Crippen LogP contribution is -2.53. The van der Waals surface area contributed by atoms with Crippen molar-refractivity contribution >= 4 is 17.9 Å². The zero-order valence-electron chi connectivity index (χ0n) is 24.3. The summed E-state index contributed by atoms with van der Waals surface area (Å²) in [5, 5.41) is 3.00. The summed E-state index contributed by atoms with van der Waals surface area (Å²) in [4.78, 5) is 45.3. The maximum Gasteiger partial charge on any atom is 0.338 e. The van der Waals surface area contributed by atoms with E-state index in [1.165, 1.54) is 24.3 Å². The first-order valence-corrected chi connectivity index (χ1v) is 14.5. The van der Waals surface area contributed by atoms with Crippen molar-refractivity contribution in [2.24, 2.45) is 0 Å². The lowest BCUT2D eigenvalue weighted by atomic mass is 9.94. The molecule has 2 aliphatic rings. The first-order valence-electron chi connectivity index (χ1n) is 14.5. The third-order valence-corrected chi connectivity index (χ3v) is 7.54. The summed E-state index contributed by atoms with van der Waals surface area (Å²) in [6, 6.07) is 21.2. The fourth-order valence-corrected chi connectivity index (χ4v) is 5.39. The van der Waals surface area contributed by atoms with Gasteiger partial charge in [-0.1, -0.05) is 30.3 Å². The summed E-state index contributed by atoms with van der Waals surface area (Å²) in [5.74, 6) is 0.195. The van der Waals surface area contributed by atoms with Crippen molar-refractivity contribution in [3.05, 3.63) is 107 Å². The number of carbonyl (C=O) groups is 3. The molecule has 5 rings (SSSR count). The number of esters is 1. The number of benzene rings is 3. The van der Waals surface area contributed by atoms with Gasteiger partial charge in [-0.2, -0.15) is 0 Å². The van der Waals surface area contributed by atoms with E-state index < -0.39 is 17.8 Å². The summed E-state index contributed by atoms with van der Waals surface area (Å²) in [6.07, 6.45) is 0. The maximum atomic E-state index is 13.5. The van der Waals surface area contributed by atoms with Crippen molar-refractivity contribution in [3.8, 4) is 11.5 Å². The van der Waals surface area contributed by atoms with Gasteiger partial charge in [0.15, 0.2) is 0 Å². The molecule has 1 unspecified atom stereocenters. The highest BCUT2D eigenvalue weighted by Crippen LogP contribution is 2.34. The van der Waals surface area contributed by atoms with Crippen molar-refractivity contribution in [1.29, 1.82) is 0 Å². The number of rotatable bonds is 9. The van der Waals surface area contributed by atoms with E-state index in [-0.39, 0.29) is 18.5 Å². The number of piperazine rings is 1. The molecule has 1 N–H and O–H groups in total. The van der Waals surface area contributed by atoms with Gasteiger partial charge in [-0.15, -0.1) is 0 Å². The van der Waals surface area contributed by atoms with E-state index in [9.17, 15) is 18.8 Å². The zero-order chi connectivity index (χ0) is 30.3. The Kier molecular flexibility index (Phi) is 9.36. The fourth-order valence-electron chi connectivity index (χ4n) is 5.39. The molecule has 0 radical (unpaired) electrons. The minimum atomic E-state index is -0.745. The predicted molar refractivity (Wildman–Crippen MR) is 159 cm³/mol. The van der Waals surface area contributed by atoms with Crippen LogP contribution in [0.2, 0.25) is 0 Å². The minimum Gasteiger partial charge on any atom is -0.463 e. The topological polar surface area (TPSA) is 91.4 Å². The molecular weight excluding hydrogens is 551 g/mol. The zero-order valence-corrected chi connectivity index (χ0v) is 24.3. The average Bonchev–Trinajstić information content (AvgIpc) is 3.02. The van der Waals surface area contributed by atoms with Gasteiger partial charge in [0.25, 0.3) is 5.91 Å². The number of nitrogens with one attached hydrogen (secondary N) is 1. The minimum absolute atomic E-state index is 0.157. The molecule has 1 saturated heterocycles. The molecule has 1 atom stereocenters. The number of urea groups is 1. The molecule has 224 valence electrons. The SMILES string of the molecule is CCOC(=O)C1=C(CN2CCN(C(=O)c3ccc(F)cc3)CC2)N(CC)C(=O)NC1c1cccc(Oc2ccccc2)c1. The quantitative estimate of drug-likeness (QED) is 0.356. The average molecular weight is 587 g/mol. The van der Waals surface area contributed by atoms with Gasteiger partial charge in [0, 0.05) is 50.5 Å². The largest absolute Gasteiger partial charge is 0.463 e. The molecule has 2 aliphatic heterocycles. The van der Waals surface area contributed by atoms with Crippen LogP contribution in [0.5, 0.6) is 11.5 Å². The van der Waals surface area contributed by atoms with Crippen LogP contribution in [-0.2, 0) is 9.53 Å². The lowest BCUT2D eigenvalue weighted by molar-refractivity contribution is -0.139. The number of halogens is 1. The number of para-hydroxylation sites is 1. The van der Waals surface area contributed by atoms with Gasteiger partial charge in [0.05, 0.1) is 18.2 Å². The molecular formula is C33H35FN4O5. The van der Waals surface area contributed by atoms with Gasteiger partial charge < -0.3 is 19.7 Å². The molecule has 0 saturated carbocycles. The Bertz CT molecular complexity index is 1490. The Labute approximate surface area is 250 Å². The van der Waals surface area contributed by atoms with Crippen LogP contribution in [0.1, 0.15) is 35.8 Å². The van der Waals surface area contributed by atoms with E-state index in [0.717, 1.165) is 0 Å². The molecule has 1 fully saturated rings. The van der Waals surface area contributed by atoms with E-state index in [0.29, 0.717) is 73.2 Å². The van der Waals surface area contributed by atoms with Crippen LogP contribution >= 0.6 is 0 Å².